The molecule has 98 valence electrons. The maximum atomic E-state index is 5.95. The van der Waals surface area contributed by atoms with E-state index in [0.29, 0.717) is 0 Å². The van der Waals surface area contributed by atoms with E-state index in [0.717, 1.165) is 32.6 Å². The number of rotatable bonds is 10. The molecule has 0 fully saturated rings. The Hall–Kier alpha value is -0.160. The van der Waals surface area contributed by atoms with E-state index >= 15 is 0 Å². The SMILES string of the molecule is CCN(CC)CCCNC(N)CCN(C)C. The molecule has 0 rings (SSSR count). The van der Waals surface area contributed by atoms with Gasteiger partial charge in [-0.1, -0.05) is 13.8 Å². The number of hydrogen-bond donors (Lipinski definition) is 2. The summed E-state index contributed by atoms with van der Waals surface area (Å²) in [5.41, 5.74) is 5.95. The summed E-state index contributed by atoms with van der Waals surface area (Å²) in [5.74, 6) is 0. The Morgan fingerprint density at radius 3 is 2.25 bits per heavy atom. The molecule has 4 heteroatoms. The van der Waals surface area contributed by atoms with Crippen molar-refractivity contribution in [3.63, 3.8) is 0 Å². The van der Waals surface area contributed by atoms with Gasteiger partial charge in [-0.25, -0.2) is 0 Å². The van der Waals surface area contributed by atoms with Gasteiger partial charge < -0.3 is 20.9 Å². The molecule has 1 unspecified atom stereocenters. The summed E-state index contributed by atoms with van der Waals surface area (Å²) < 4.78 is 0. The second-order valence-corrected chi connectivity index (χ2v) is 4.53. The van der Waals surface area contributed by atoms with E-state index in [1.54, 1.807) is 0 Å². The summed E-state index contributed by atoms with van der Waals surface area (Å²) >= 11 is 0. The van der Waals surface area contributed by atoms with Gasteiger partial charge >= 0.3 is 0 Å². The lowest BCUT2D eigenvalue weighted by Crippen LogP contribution is -2.40. The van der Waals surface area contributed by atoms with E-state index in [-0.39, 0.29) is 6.17 Å². The van der Waals surface area contributed by atoms with Crippen molar-refractivity contribution >= 4 is 0 Å². The van der Waals surface area contributed by atoms with E-state index in [2.05, 4.69) is 43.1 Å². The maximum Gasteiger partial charge on any atom is 0.0558 e. The third-order valence-corrected chi connectivity index (χ3v) is 2.84. The highest BCUT2D eigenvalue weighted by molar-refractivity contribution is 4.62. The molecule has 1 atom stereocenters. The molecule has 3 N–H and O–H groups in total. The minimum Gasteiger partial charge on any atom is -0.316 e. The zero-order valence-corrected chi connectivity index (χ0v) is 11.5. The van der Waals surface area contributed by atoms with Crippen LogP contribution in [0.1, 0.15) is 26.7 Å². The van der Waals surface area contributed by atoms with Crippen LogP contribution in [0.2, 0.25) is 0 Å². The van der Waals surface area contributed by atoms with E-state index in [9.17, 15) is 0 Å². The Bertz CT molecular complexity index is 146. The van der Waals surface area contributed by atoms with Gasteiger partial charge in [-0.3, -0.25) is 0 Å². The third-order valence-electron chi connectivity index (χ3n) is 2.84. The van der Waals surface area contributed by atoms with Crippen molar-refractivity contribution in [2.75, 3.05) is 46.8 Å². The van der Waals surface area contributed by atoms with Gasteiger partial charge in [-0.05, 0) is 53.1 Å². The summed E-state index contributed by atoms with van der Waals surface area (Å²) in [6.45, 7) is 9.93. The smallest absolute Gasteiger partial charge is 0.0558 e. The fraction of sp³-hybridized carbons (Fsp3) is 1.00. The highest BCUT2D eigenvalue weighted by Crippen LogP contribution is 1.91. The molecule has 0 saturated carbocycles. The van der Waals surface area contributed by atoms with Gasteiger partial charge in [-0.15, -0.1) is 0 Å². The Kier molecular flexibility index (Phi) is 9.92. The van der Waals surface area contributed by atoms with E-state index in [1.807, 2.05) is 0 Å². The molecule has 0 aromatic carbocycles. The summed E-state index contributed by atoms with van der Waals surface area (Å²) in [6, 6.07) is 0. The van der Waals surface area contributed by atoms with E-state index in [4.69, 9.17) is 5.73 Å². The van der Waals surface area contributed by atoms with Gasteiger partial charge in [0.25, 0.3) is 0 Å². The normalized spacial score (nSPS) is 13.7. The highest BCUT2D eigenvalue weighted by Gasteiger charge is 2.02. The van der Waals surface area contributed by atoms with Gasteiger partial charge in [-0.2, -0.15) is 0 Å². The first-order valence-corrected chi connectivity index (χ1v) is 6.46. The van der Waals surface area contributed by atoms with Crippen LogP contribution in [-0.4, -0.2) is 62.8 Å². The molecular formula is C12H30N4. The summed E-state index contributed by atoms with van der Waals surface area (Å²) in [5, 5.41) is 3.37. The number of hydrogen-bond acceptors (Lipinski definition) is 4. The van der Waals surface area contributed by atoms with E-state index in [1.165, 1.54) is 13.0 Å². The first-order valence-electron chi connectivity index (χ1n) is 6.46. The lowest BCUT2D eigenvalue weighted by atomic mass is 10.3. The zero-order chi connectivity index (χ0) is 12.4. The number of nitrogens with one attached hydrogen (secondary N) is 1. The van der Waals surface area contributed by atoms with Crippen LogP contribution in [0, 0.1) is 0 Å². The molecule has 0 aromatic heterocycles. The van der Waals surface area contributed by atoms with Crippen LogP contribution in [0.25, 0.3) is 0 Å². The molecule has 0 radical (unpaired) electrons. The predicted molar refractivity (Wildman–Crippen MR) is 71.6 cm³/mol. The summed E-state index contributed by atoms with van der Waals surface area (Å²) in [7, 11) is 4.15. The molecule has 0 amide bonds. The Morgan fingerprint density at radius 1 is 1.12 bits per heavy atom. The monoisotopic (exact) mass is 230 g/mol. The van der Waals surface area contributed by atoms with Crippen molar-refractivity contribution in [1.82, 2.24) is 15.1 Å². The molecular weight excluding hydrogens is 200 g/mol. The van der Waals surface area contributed by atoms with Crippen LogP contribution >= 0.6 is 0 Å². The first-order chi connectivity index (χ1) is 7.60. The average molecular weight is 230 g/mol. The van der Waals surface area contributed by atoms with Gasteiger partial charge in [0.15, 0.2) is 0 Å². The van der Waals surface area contributed by atoms with Crippen molar-refractivity contribution in [3.8, 4) is 0 Å². The Morgan fingerprint density at radius 2 is 1.75 bits per heavy atom. The summed E-state index contributed by atoms with van der Waals surface area (Å²) in [4.78, 5) is 4.60. The van der Waals surface area contributed by atoms with Crippen molar-refractivity contribution in [2.24, 2.45) is 5.73 Å². The van der Waals surface area contributed by atoms with Crippen LogP contribution < -0.4 is 11.1 Å². The van der Waals surface area contributed by atoms with Crippen LogP contribution in [0.5, 0.6) is 0 Å². The second kappa shape index (κ2) is 10.0. The second-order valence-electron chi connectivity index (χ2n) is 4.53. The molecule has 0 heterocycles. The van der Waals surface area contributed by atoms with E-state index < -0.39 is 0 Å². The molecule has 0 saturated heterocycles. The molecule has 0 aromatic rings. The van der Waals surface area contributed by atoms with Gasteiger partial charge in [0.1, 0.15) is 0 Å². The van der Waals surface area contributed by atoms with Crippen molar-refractivity contribution in [1.29, 1.82) is 0 Å². The maximum absolute atomic E-state index is 5.95. The fourth-order valence-electron chi connectivity index (χ4n) is 1.63. The molecule has 0 spiro atoms. The number of nitrogens with two attached hydrogens (primary N) is 1. The molecule has 4 nitrogen and oxygen atoms in total. The largest absolute Gasteiger partial charge is 0.316 e. The molecule has 0 bridgehead atoms. The lowest BCUT2D eigenvalue weighted by Gasteiger charge is -2.20. The highest BCUT2D eigenvalue weighted by atomic mass is 15.1. The third kappa shape index (κ3) is 9.09. The van der Waals surface area contributed by atoms with Crippen LogP contribution in [0.3, 0.4) is 0 Å². The topological polar surface area (TPSA) is 44.5 Å². The molecule has 0 aliphatic heterocycles. The fourth-order valence-corrected chi connectivity index (χ4v) is 1.63. The van der Waals surface area contributed by atoms with Crippen molar-refractivity contribution < 1.29 is 0 Å². The van der Waals surface area contributed by atoms with Crippen LogP contribution in [0.4, 0.5) is 0 Å². The number of nitrogens with zero attached hydrogens (tertiary/aromatic N) is 2. The average Bonchev–Trinajstić information content (AvgIpc) is 2.26. The molecule has 0 aliphatic carbocycles. The minimum atomic E-state index is 0.138. The minimum absolute atomic E-state index is 0.138. The molecule has 0 aliphatic rings. The quantitative estimate of drug-likeness (QED) is 0.425. The zero-order valence-electron chi connectivity index (χ0n) is 11.5. The van der Waals surface area contributed by atoms with Gasteiger partial charge in [0.2, 0.25) is 0 Å². The summed E-state index contributed by atoms with van der Waals surface area (Å²) in [6.07, 6.45) is 2.33. The van der Waals surface area contributed by atoms with Gasteiger partial charge in [0.05, 0.1) is 6.17 Å². The molecule has 16 heavy (non-hydrogen) atoms. The first kappa shape index (κ1) is 15.8. The standard InChI is InChI=1S/C12H30N4/c1-5-16(6-2)10-7-9-14-12(13)8-11-15(3)4/h12,14H,5-11,13H2,1-4H3. The Labute approximate surface area is 101 Å². The van der Waals surface area contributed by atoms with Crippen molar-refractivity contribution in [2.45, 2.75) is 32.9 Å². The van der Waals surface area contributed by atoms with Crippen LogP contribution in [0.15, 0.2) is 0 Å². The van der Waals surface area contributed by atoms with Crippen LogP contribution in [-0.2, 0) is 0 Å². The van der Waals surface area contributed by atoms with Crippen molar-refractivity contribution in [3.05, 3.63) is 0 Å². The predicted octanol–water partition coefficient (Wildman–Crippen LogP) is 0.544. The lowest BCUT2D eigenvalue weighted by molar-refractivity contribution is 0.293. The Balaban J connectivity index is 3.36. The van der Waals surface area contributed by atoms with Gasteiger partial charge in [0, 0.05) is 6.54 Å².